The lowest BCUT2D eigenvalue weighted by atomic mass is 10.1. The molecule has 3 nitrogen and oxygen atoms in total. The number of halogens is 2. The van der Waals surface area contributed by atoms with E-state index in [1.54, 1.807) is 0 Å². The zero-order chi connectivity index (χ0) is 15.4. The van der Waals surface area contributed by atoms with Crippen LogP contribution in [-0.4, -0.2) is 12.5 Å². The Hall–Kier alpha value is -2.43. The van der Waals surface area contributed by atoms with Crippen molar-refractivity contribution in [3.8, 4) is 5.75 Å². The van der Waals surface area contributed by atoms with Crippen LogP contribution in [0.4, 0.5) is 14.5 Å². The zero-order valence-corrected chi connectivity index (χ0v) is 11.7. The highest BCUT2D eigenvalue weighted by Crippen LogP contribution is 2.18. The van der Waals surface area contributed by atoms with Gasteiger partial charge in [-0.25, -0.2) is 8.78 Å². The Morgan fingerprint density at radius 3 is 2.38 bits per heavy atom. The molecule has 0 aliphatic rings. The summed E-state index contributed by atoms with van der Waals surface area (Å²) in [6.07, 6.45) is 0. The average molecular weight is 291 g/mol. The summed E-state index contributed by atoms with van der Waals surface area (Å²) in [5.41, 5.74) is 2.70. The van der Waals surface area contributed by atoms with Gasteiger partial charge in [0.05, 0.1) is 0 Å². The lowest BCUT2D eigenvalue weighted by Gasteiger charge is -2.09. The van der Waals surface area contributed by atoms with E-state index in [1.807, 2.05) is 32.0 Å². The molecule has 0 aliphatic carbocycles. The summed E-state index contributed by atoms with van der Waals surface area (Å²) in [4.78, 5) is 11.8. The van der Waals surface area contributed by atoms with Crippen LogP contribution in [0.5, 0.6) is 5.75 Å². The molecule has 0 saturated carbocycles. The molecule has 0 aliphatic heterocycles. The standard InChI is InChI=1S/C16H15F2NO2/c1-10-5-11(2)7-13(6-10)19-16(20)9-21-15-4-3-12(17)8-14(15)18/h3-8H,9H2,1-2H3,(H,19,20). The summed E-state index contributed by atoms with van der Waals surface area (Å²) in [5, 5.41) is 2.66. The van der Waals surface area contributed by atoms with E-state index >= 15 is 0 Å². The van der Waals surface area contributed by atoms with Crippen molar-refractivity contribution >= 4 is 11.6 Å². The molecule has 0 spiro atoms. The van der Waals surface area contributed by atoms with Gasteiger partial charge in [-0.1, -0.05) is 6.07 Å². The Labute approximate surface area is 121 Å². The minimum Gasteiger partial charge on any atom is -0.481 e. The number of amides is 1. The number of aryl methyl sites for hydroxylation is 2. The number of carbonyl (C=O) groups is 1. The second kappa shape index (κ2) is 6.35. The molecule has 0 radical (unpaired) electrons. The van der Waals surface area contributed by atoms with Crippen molar-refractivity contribution in [2.75, 3.05) is 11.9 Å². The lowest BCUT2D eigenvalue weighted by Crippen LogP contribution is -2.20. The van der Waals surface area contributed by atoms with Crippen LogP contribution >= 0.6 is 0 Å². The smallest absolute Gasteiger partial charge is 0.262 e. The quantitative estimate of drug-likeness (QED) is 0.934. The minimum atomic E-state index is -0.839. The highest BCUT2D eigenvalue weighted by molar-refractivity contribution is 5.92. The maximum atomic E-state index is 13.3. The van der Waals surface area contributed by atoms with Crippen LogP contribution in [-0.2, 0) is 4.79 Å². The van der Waals surface area contributed by atoms with Gasteiger partial charge in [0.2, 0.25) is 0 Å². The summed E-state index contributed by atoms with van der Waals surface area (Å²) in [5.74, 6) is -2.11. The largest absolute Gasteiger partial charge is 0.481 e. The Bertz CT molecular complexity index is 651. The lowest BCUT2D eigenvalue weighted by molar-refractivity contribution is -0.118. The van der Waals surface area contributed by atoms with Crippen molar-refractivity contribution in [3.05, 3.63) is 59.2 Å². The SMILES string of the molecule is Cc1cc(C)cc(NC(=O)COc2ccc(F)cc2F)c1. The molecule has 5 heteroatoms. The Morgan fingerprint density at radius 2 is 1.76 bits per heavy atom. The predicted molar refractivity (Wildman–Crippen MR) is 76.4 cm³/mol. The van der Waals surface area contributed by atoms with Crippen molar-refractivity contribution in [1.29, 1.82) is 0 Å². The number of benzene rings is 2. The molecule has 2 rings (SSSR count). The van der Waals surface area contributed by atoms with Gasteiger partial charge in [-0.05, 0) is 49.2 Å². The van der Waals surface area contributed by atoms with Crippen LogP contribution in [0, 0.1) is 25.5 Å². The maximum absolute atomic E-state index is 13.3. The highest BCUT2D eigenvalue weighted by Gasteiger charge is 2.08. The molecule has 0 unspecified atom stereocenters. The molecule has 2 aromatic carbocycles. The number of anilines is 1. The van der Waals surface area contributed by atoms with Crippen molar-refractivity contribution < 1.29 is 18.3 Å². The summed E-state index contributed by atoms with van der Waals surface area (Å²) in [6.45, 7) is 3.50. The van der Waals surface area contributed by atoms with Crippen LogP contribution in [0.25, 0.3) is 0 Å². The molecule has 0 heterocycles. The van der Waals surface area contributed by atoms with Crippen LogP contribution in [0.2, 0.25) is 0 Å². The second-order valence-corrected chi connectivity index (χ2v) is 4.79. The molecule has 2 aromatic rings. The van der Waals surface area contributed by atoms with Crippen molar-refractivity contribution in [2.24, 2.45) is 0 Å². The molecule has 21 heavy (non-hydrogen) atoms. The summed E-state index contributed by atoms with van der Waals surface area (Å²) in [7, 11) is 0. The fraction of sp³-hybridized carbons (Fsp3) is 0.188. The van der Waals surface area contributed by atoms with Gasteiger partial charge in [-0.2, -0.15) is 0 Å². The van der Waals surface area contributed by atoms with E-state index in [9.17, 15) is 13.6 Å². The Morgan fingerprint density at radius 1 is 1.10 bits per heavy atom. The zero-order valence-electron chi connectivity index (χ0n) is 11.7. The van der Waals surface area contributed by atoms with E-state index in [0.717, 1.165) is 23.3 Å². The molecule has 0 bridgehead atoms. The monoisotopic (exact) mass is 291 g/mol. The normalized spacial score (nSPS) is 10.3. The summed E-state index contributed by atoms with van der Waals surface area (Å²) < 4.78 is 31.1. The van der Waals surface area contributed by atoms with Crippen LogP contribution in [0.15, 0.2) is 36.4 Å². The second-order valence-electron chi connectivity index (χ2n) is 4.79. The average Bonchev–Trinajstić information content (AvgIpc) is 2.36. The van der Waals surface area contributed by atoms with Gasteiger partial charge in [0.1, 0.15) is 5.82 Å². The highest BCUT2D eigenvalue weighted by atomic mass is 19.1. The van der Waals surface area contributed by atoms with Gasteiger partial charge in [-0.3, -0.25) is 4.79 Å². The fourth-order valence-corrected chi connectivity index (χ4v) is 1.98. The van der Waals surface area contributed by atoms with Crippen LogP contribution in [0.1, 0.15) is 11.1 Å². The van der Waals surface area contributed by atoms with E-state index in [-0.39, 0.29) is 12.4 Å². The van der Waals surface area contributed by atoms with Gasteiger partial charge >= 0.3 is 0 Å². The van der Waals surface area contributed by atoms with Gasteiger partial charge in [0.15, 0.2) is 18.2 Å². The number of rotatable bonds is 4. The van der Waals surface area contributed by atoms with Crippen molar-refractivity contribution in [2.45, 2.75) is 13.8 Å². The van der Waals surface area contributed by atoms with E-state index in [0.29, 0.717) is 11.8 Å². The summed E-state index contributed by atoms with van der Waals surface area (Å²) >= 11 is 0. The van der Waals surface area contributed by atoms with Gasteiger partial charge in [0, 0.05) is 11.8 Å². The first-order chi connectivity index (χ1) is 9.94. The molecule has 0 aromatic heterocycles. The third-order valence-electron chi connectivity index (χ3n) is 2.76. The van der Waals surface area contributed by atoms with Crippen molar-refractivity contribution in [3.63, 3.8) is 0 Å². The number of hydrogen-bond acceptors (Lipinski definition) is 2. The van der Waals surface area contributed by atoms with E-state index < -0.39 is 17.5 Å². The Kier molecular flexibility index (Phi) is 4.52. The molecule has 0 fully saturated rings. The number of nitrogens with one attached hydrogen (secondary N) is 1. The predicted octanol–water partition coefficient (Wildman–Crippen LogP) is 3.60. The Balaban J connectivity index is 1.95. The number of ether oxygens (including phenoxy) is 1. The first-order valence-corrected chi connectivity index (χ1v) is 6.40. The third kappa shape index (κ3) is 4.27. The first kappa shape index (κ1) is 15.0. The van der Waals surface area contributed by atoms with Crippen molar-refractivity contribution in [1.82, 2.24) is 0 Å². The maximum Gasteiger partial charge on any atom is 0.262 e. The number of hydrogen-bond donors (Lipinski definition) is 1. The van der Waals surface area contributed by atoms with E-state index in [4.69, 9.17) is 4.74 Å². The molecule has 0 saturated heterocycles. The molecule has 1 amide bonds. The van der Waals surface area contributed by atoms with Gasteiger partial charge in [0.25, 0.3) is 5.91 Å². The summed E-state index contributed by atoms with van der Waals surface area (Å²) in [6, 6.07) is 8.55. The van der Waals surface area contributed by atoms with E-state index in [2.05, 4.69) is 5.32 Å². The minimum absolute atomic E-state index is 0.160. The molecular weight excluding hydrogens is 276 g/mol. The molecule has 0 atom stereocenters. The van der Waals surface area contributed by atoms with Gasteiger partial charge < -0.3 is 10.1 Å². The topological polar surface area (TPSA) is 38.3 Å². The third-order valence-corrected chi connectivity index (χ3v) is 2.76. The van der Waals surface area contributed by atoms with E-state index in [1.165, 1.54) is 0 Å². The van der Waals surface area contributed by atoms with Crippen LogP contribution in [0.3, 0.4) is 0 Å². The fourth-order valence-electron chi connectivity index (χ4n) is 1.98. The first-order valence-electron chi connectivity index (χ1n) is 6.40. The van der Waals surface area contributed by atoms with Crippen LogP contribution < -0.4 is 10.1 Å². The number of carbonyl (C=O) groups excluding carboxylic acids is 1. The van der Waals surface area contributed by atoms with Gasteiger partial charge in [-0.15, -0.1) is 0 Å². The molecule has 1 N–H and O–H groups in total. The molecule has 110 valence electrons. The molecular formula is C16H15F2NO2.